The predicted octanol–water partition coefficient (Wildman–Crippen LogP) is 3.72. The number of rotatable bonds is 5. The Morgan fingerprint density at radius 2 is 2.00 bits per heavy atom. The molecule has 1 aliphatic heterocycles. The van der Waals surface area contributed by atoms with Gasteiger partial charge in [0.2, 0.25) is 0 Å². The summed E-state index contributed by atoms with van der Waals surface area (Å²) in [5.74, 6) is 0.502. The molecule has 0 aliphatic carbocycles. The van der Waals surface area contributed by atoms with Crippen LogP contribution in [0.15, 0.2) is 42.7 Å². The molecule has 1 amide bonds. The standard InChI is InChI=1S/C19H23N3O2/c1-2-24-18-9-5-4-8-17(18)21-19(23)15-12-16(14-20-13-15)22-10-6-3-7-11-22/h4-5,8-9,12-14H,2-3,6-7,10-11H2,1H3,(H,21,23). The van der Waals surface area contributed by atoms with Gasteiger partial charge in [0, 0.05) is 19.3 Å². The number of piperidine rings is 1. The fraction of sp³-hybridized carbons (Fsp3) is 0.368. The monoisotopic (exact) mass is 325 g/mol. The number of anilines is 2. The SMILES string of the molecule is CCOc1ccccc1NC(=O)c1cncc(N2CCCCC2)c1. The third-order valence-corrected chi connectivity index (χ3v) is 4.14. The highest BCUT2D eigenvalue weighted by Crippen LogP contribution is 2.25. The molecule has 24 heavy (non-hydrogen) atoms. The summed E-state index contributed by atoms with van der Waals surface area (Å²) in [5, 5.41) is 2.92. The maximum Gasteiger partial charge on any atom is 0.257 e. The van der Waals surface area contributed by atoms with Crippen LogP contribution >= 0.6 is 0 Å². The second-order valence-corrected chi connectivity index (χ2v) is 5.86. The van der Waals surface area contributed by atoms with E-state index < -0.39 is 0 Å². The van der Waals surface area contributed by atoms with E-state index in [0.29, 0.717) is 23.6 Å². The lowest BCUT2D eigenvalue weighted by atomic mass is 10.1. The average Bonchev–Trinajstić information content (AvgIpc) is 2.64. The third-order valence-electron chi connectivity index (χ3n) is 4.14. The van der Waals surface area contributed by atoms with Gasteiger partial charge < -0.3 is 15.0 Å². The van der Waals surface area contributed by atoms with E-state index in [0.717, 1.165) is 18.8 Å². The van der Waals surface area contributed by atoms with E-state index in [1.54, 1.807) is 6.20 Å². The number of benzene rings is 1. The summed E-state index contributed by atoms with van der Waals surface area (Å²) in [6, 6.07) is 9.36. The van der Waals surface area contributed by atoms with Gasteiger partial charge in [-0.3, -0.25) is 9.78 Å². The van der Waals surface area contributed by atoms with Gasteiger partial charge in [0.15, 0.2) is 0 Å². The Morgan fingerprint density at radius 1 is 1.21 bits per heavy atom. The topological polar surface area (TPSA) is 54.5 Å². The Hall–Kier alpha value is -2.56. The van der Waals surface area contributed by atoms with E-state index in [1.165, 1.54) is 19.3 Å². The number of pyridine rings is 1. The van der Waals surface area contributed by atoms with Crippen LogP contribution in [0, 0.1) is 0 Å². The van der Waals surface area contributed by atoms with E-state index in [2.05, 4.69) is 15.2 Å². The van der Waals surface area contributed by atoms with Crippen molar-refractivity contribution >= 4 is 17.3 Å². The molecule has 126 valence electrons. The second-order valence-electron chi connectivity index (χ2n) is 5.86. The highest BCUT2D eigenvalue weighted by Gasteiger charge is 2.15. The maximum absolute atomic E-state index is 12.6. The van der Waals surface area contributed by atoms with Gasteiger partial charge in [0.25, 0.3) is 5.91 Å². The Bertz CT molecular complexity index is 697. The number of nitrogens with one attached hydrogen (secondary N) is 1. The number of aromatic nitrogens is 1. The van der Waals surface area contributed by atoms with Crippen molar-refractivity contribution in [1.29, 1.82) is 0 Å². The van der Waals surface area contributed by atoms with Crippen molar-refractivity contribution in [3.05, 3.63) is 48.3 Å². The molecular weight excluding hydrogens is 302 g/mol. The minimum Gasteiger partial charge on any atom is -0.492 e. The maximum atomic E-state index is 12.6. The van der Waals surface area contributed by atoms with Crippen LogP contribution in [0.3, 0.4) is 0 Å². The molecule has 1 aliphatic rings. The van der Waals surface area contributed by atoms with Gasteiger partial charge in [-0.25, -0.2) is 0 Å². The number of carbonyl (C=O) groups is 1. The van der Waals surface area contributed by atoms with Crippen molar-refractivity contribution in [2.24, 2.45) is 0 Å². The van der Waals surface area contributed by atoms with Gasteiger partial charge in [-0.2, -0.15) is 0 Å². The summed E-state index contributed by atoms with van der Waals surface area (Å²) in [4.78, 5) is 19.1. The number of carbonyl (C=O) groups excluding carboxylic acids is 1. The molecule has 1 aromatic heterocycles. The molecule has 3 rings (SSSR count). The zero-order valence-electron chi connectivity index (χ0n) is 14.0. The number of nitrogens with zero attached hydrogens (tertiary/aromatic N) is 2. The first-order chi connectivity index (χ1) is 11.8. The van der Waals surface area contributed by atoms with E-state index in [4.69, 9.17) is 4.74 Å². The van der Waals surface area contributed by atoms with Crippen molar-refractivity contribution in [2.75, 3.05) is 29.9 Å². The zero-order chi connectivity index (χ0) is 16.8. The minimum absolute atomic E-state index is 0.173. The Balaban J connectivity index is 1.75. The first-order valence-corrected chi connectivity index (χ1v) is 8.51. The number of amides is 1. The average molecular weight is 325 g/mol. The van der Waals surface area contributed by atoms with Crippen LogP contribution in [0.4, 0.5) is 11.4 Å². The van der Waals surface area contributed by atoms with E-state index in [-0.39, 0.29) is 5.91 Å². The number of hydrogen-bond acceptors (Lipinski definition) is 4. The van der Waals surface area contributed by atoms with Crippen molar-refractivity contribution in [3.63, 3.8) is 0 Å². The van der Waals surface area contributed by atoms with Crippen LogP contribution in [0.5, 0.6) is 5.75 Å². The fourth-order valence-corrected chi connectivity index (χ4v) is 2.92. The summed E-state index contributed by atoms with van der Waals surface area (Å²) >= 11 is 0. The quantitative estimate of drug-likeness (QED) is 0.910. The van der Waals surface area contributed by atoms with Crippen LogP contribution in [0.25, 0.3) is 0 Å². The molecule has 2 aromatic rings. The fourth-order valence-electron chi connectivity index (χ4n) is 2.92. The van der Waals surface area contributed by atoms with Gasteiger partial charge in [0.05, 0.1) is 29.7 Å². The van der Waals surface area contributed by atoms with Gasteiger partial charge >= 0.3 is 0 Å². The molecule has 0 bridgehead atoms. The van der Waals surface area contributed by atoms with Crippen LogP contribution < -0.4 is 15.0 Å². The van der Waals surface area contributed by atoms with Crippen LogP contribution in [-0.4, -0.2) is 30.6 Å². The highest BCUT2D eigenvalue weighted by molar-refractivity contribution is 6.05. The largest absolute Gasteiger partial charge is 0.492 e. The second kappa shape index (κ2) is 7.81. The van der Waals surface area contributed by atoms with E-state index in [9.17, 15) is 4.79 Å². The lowest BCUT2D eigenvalue weighted by Gasteiger charge is -2.28. The minimum atomic E-state index is -0.173. The number of hydrogen-bond donors (Lipinski definition) is 1. The molecule has 1 fully saturated rings. The van der Waals surface area contributed by atoms with Crippen LogP contribution in [0.1, 0.15) is 36.5 Å². The van der Waals surface area contributed by atoms with Gasteiger partial charge in [-0.05, 0) is 44.4 Å². The summed E-state index contributed by atoms with van der Waals surface area (Å²) in [6.45, 7) is 4.53. The van der Waals surface area contributed by atoms with Crippen molar-refractivity contribution in [3.8, 4) is 5.75 Å². The lowest BCUT2D eigenvalue weighted by Crippen LogP contribution is -2.29. The Kier molecular flexibility index (Phi) is 5.31. The molecule has 5 heteroatoms. The van der Waals surface area contributed by atoms with Crippen LogP contribution in [0.2, 0.25) is 0 Å². The number of ether oxygens (including phenoxy) is 1. The molecule has 0 unspecified atom stereocenters. The smallest absolute Gasteiger partial charge is 0.257 e. The summed E-state index contributed by atoms with van der Waals surface area (Å²) < 4.78 is 5.55. The summed E-state index contributed by atoms with van der Waals surface area (Å²) in [6.07, 6.45) is 7.09. The molecule has 1 saturated heterocycles. The molecular formula is C19H23N3O2. The normalized spacial score (nSPS) is 14.3. The Morgan fingerprint density at radius 3 is 2.79 bits per heavy atom. The highest BCUT2D eigenvalue weighted by atomic mass is 16.5. The lowest BCUT2D eigenvalue weighted by molar-refractivity contribution is 0.102. The zero-order valence-corrected chi connectivity index (χ0v) is 14.0. The molecule has 0 radical (unpaired) electrons. The molecule has 1 N–H and O–H groups in total. The molecule has 0 atom stereocenters. The third kappa shape index (κ3) is 3.85. The first kappa shape index (κ1) is 16.3. The van der Waals surface area contributed by atoms with Crippen molar-refractivity contribution in [1.82, 2.24) is 4.98 Å². The Labute approximate surface area is 142 Å². The summed E-state index contributed by atoms with van der Waals surface area (Å²) in [5.41, 5.74) is 2.25. The van der Waals surface area contributed by atoms with E-state index >= 15 is 0 Å². The molecule has 5 nitrogen and oxygen atoms in total. The summed E-state index contributed by atoms with van der Waals surface area (Å²) in [7, 11) is 0. The molecule has 2 heterocycles. The van der Waals surface area contributed by atoms with Crippen LogP contribution in [-0.2, 0) is 0 Å². The van der Waals surface area contributed by atoms with Crippen molar-refractivity contribution in [2.45, 2.75) is 26.2 Å². The predicted molar refractivity (Wildman–Crippen MR) is 95.9 cm³/mol. The van der Waals surface area contributed by atoms with Crippen molar-refractivity contribution < 1.29 is 9.53 Å². The molecule has 0 spiro atoms. The molecule has 1 aromatic carbocycles. The van der Waals surface area contributed by atoms with Gasteiger partial charge in [-0.15, -0.1) is 0 Å². The van der Waals surface area contributed by atoms with Gasteiger partial charge in [-0.1, -0.05) is 12.1 Å². The first-order valence-electron chi connectivity index (χ1n) is 8.51. The number of para-hydroxylation sites is 2. The molecule has 0 saturated carbocycles. The van der Waals surface area contributed by atoms with E-state index in [1.807, 2.05) is 43.5 Å². The van der Waals surface area contributed by atoms with Gasteiger partial charge in [0.1, 0.15) is 5.75 Å².